The fourth-order valence-corrected chi connectivity index (χ4v) is 1.24. The van der Waals surface area contributed by atoms with Crippen LogP contribution in [0.4, 0.5) is 11.5 Å². The molecule has 0 fully saturated rings. The van der Waals surface area contributed by atoms with Crippen LogP contribution >= 0.6 is 0 Å². The van der Waals surface area contributed by atoms with Gasteiger partial charge < -0.3 is 10.4 Å². The molecule has 1 heterocycles. The molecule has 18 heavy (non-hydrogen) atoms. The van der Waals surface area contributed by atoms with Gasteiger partial charge in [0, 0.05) is 12.3 Å². The van der Waals surface area contributed by atoms with Gasteiger partial charge in [0.25, 0.3) is 0 Å². The number of pyridine rings is 1. The van der Waals surface area contributed by atoms with E-state index in [0.717, 1.165) is 0 Å². The lowest BCUT2D eigenvalue weighted by atomic mass is 9.86. The molecule has 100 valence electrons. The van der Waals surface area contributed by atoms with Crippen molar-refractivity contribution >= 4 is 11.5 Å². The maximum Gasteiger partial charge on any atom is 0.311 e. The predicted molar refractivity (Wildman–Crippen MR) is 69.6 cm³/mol. The zero-order valence-electron chi connectivity index (χ0n) is 11.3. The number of nitro groups is 1. The van der Waals surface area contributed by atoms with Crippen LogP contribution in [0.15, 0.2) is 12.3 Å². The molecule has 0 spiro atoms. The van der Waals surface area contributed by atoms with Crippen LogP contribution in [0.1, 0.15) is 33.3 Å². The number of nitrogens with zero attached hydrogens (tertiary/aromatic N) is 2. The molecule has 0 aliphatic carbocycles. The summed E-state index contributed by atoms with van der Waals surface area (Å²) in [6, 6.07) is 1.45. The SMILES string of the molecule is Cc1cnc(NC(C)(C)C(C)(C)O)c([N+](=O)[O-])c1. The standard InChI is InChI=1S/C12H19N3O3/c1-8-6-9(15(17)18)10(13-7-8)14-11(2,3)12(4,5)16/h6-7,16H,1-5H3,(H,13,14). The van der Waals surface area contributed by atoms with Gasteiger partial charge in [0.1, 0.15) is 0 Å². The molecule has 0 aliphatic rings. The summed E-state index contributed by atoms with van der Waals surface area (Å²) in [4.78, 5) is 14.5. The first-order valence-corrected chi connectivity index (χ1v) is 5.66. The van der Waals surface area contributed by atoms with Crippen molar-refractivity contribution in [3.05, 3.63) is 27.9 Å². The van der Waals surface area contributed by atoms with Crippen LogP contribution in [0.3, 0.4) is 0 Å². The van der Waals surface area contributed by atoms with E-state index in [0.29, 0.717) is 5.56 Å². The number of hydrogen-bond acceptors (Lipinski definition) is 5. The molecule has 0 bridgehead atoms. The maximum absolute atomic E-state index is 11.0. The Morgan fingerprint density at radius 3 is 2.39 bits per heavy atom. The van der Waals surface area contributed by atoms with Crippen molar-refractivity contribution in [2.24, 2.45) is 0 Å². The van der Waals surface area contributed by atoms with Crippen molar-refractivity contribution < 1.29 is 10.0 Å². The summed E-state index contributed by atoms with van der Waals surface area (Å²) in [7, 11) is 0. The summed E-state index contributed by atoms with van der Waals surface area (Å²) in [6.45, 7) is 8.54. The van der Waals surface area contributed by atoms with Gasteiger partial charge in [-0.3, -0.25) is 10.1 Å². The number of aromatic nitrogens is 1. The van der Waals surface area contributed by atoms with Gasteiger partial charge in [-0.15, -0.1) is 0 Å². The van der Waals surface area contributed by atoms with Gasteiger partial charge >= 0.3 is 5.69 Å². The molecule has 0 radical (unpaired) electrons. The predicted octanol–water partition coefficient (Wildman–Crippen LogP) is 2.26. The molecule has 0 saturated carbocycles. The van der Waals surface area contributed by atoms with Gasteiger partial charge in [0.2, 0.25) is 5.82 Å². The fourth-order valence-electron chi connectivity index (χ4n) is 1.24. The van der Waals surface area contributed by atoms with Crippen molar-refractivity contribution in [1.29, 1.82) is 0 Å². The molecule has 0 aliphatic heterocycles. The molecular formula is C12H19N3O3. The second-order valence-electron chi connectivity index (χ2n) is 5.45. The zero-order chi connectivity index (χ0) is 14.1. The van der Waals surface area contributed by atoms with E-state index in [9.17, 15) is 15.2 Å². The van der Waals surface area contributed by atoms with Crippen LogP contribution in [0.2, 0.25) is 0 Å². The Kier molecular flexibility index (Phi) is 3.62. The lowest BCUT2D eigenvalue weighted by Gasteiger charge is -2.38. The lowest BCUT2D eigenvalue weighted by Crippen LogP contribution is -2.51. The molecule has 2 N–H and O–H groups in total. The monoisotopic (exact) mass is 253 g/mol. The third-order valence-corrected chi connectivity index (χ3v) is 3.16. The van der Waals surface area contributed by atoms with Crippen molar-refractivity contribution in [3.8, 4) is 0 Å². The zero-order valence-corrected chi connectivity index (χ0v) is 11.3. The Hall–Kier alpha value is -1.69. The minimum absolute atomic E-state index is 0.0904. The van der Waals surface area contributed by atoms with Gasteiger partial charge in [0.05, 0.1) is 16.1 Å². The number of hydrogen-bond donors (Lipinski definition) is 2. The van der Waals surface area contributed by atoms with E-state index in [1.54, 1.807) is 40.8 Å². The van der Waals surface area contributed by atoms with E-state index in [1.807, 2.05) is 0 Å². The van der Waals surface area contributed by atoms with E-state index >= 15 is 0 Å². The van der Waals surface area contributed by atoms with Crippen LogP contribution in [0, 0.1) is 17.0 Å². The second kappa shape index (κ2) is 4.53. The summed E-state index contributed by atoms with van der Waals surface area (Å²) in [5.74, 6) is 0.165. The van der Waals surface area contributed by atoms with E-state index in [4.69, 9.17) is 0 Å². The summed E-state index contributed by atoms with van der Waals surface area (Å²) >= 11 is 0. The third-order valence-electron chi connectivity index (χ3n) is 3.16. The van der Waals surface area contributed by atoms with Crippen molar-refractivity contribution in [3.63, 3.8) is 0 Å². The van der Waals surface area contributed by atoms with Crippen LogP contribution in [0.25, 0.3) is 0 Å². The van der Waals surface area contributed by atoms with Gasteiger partial charge in [-0.05, 0) is 40.2 Å². The molecule has 0 unspecified atom stereocenters. The first-order valence-electron chi connectivity index (χ1n) is 5.66. The van der Waals surface area contributed by atoms with Crippen LogP contribution < -0.4 is 5.32 Å². The normalized spacial score (nSPS) is 12.3. The second-order valence-corrected chi connectivity index (χ2v) is 5.45. The highest BCUT2D eigenvalue weighted by molar-refractivity contribution is 5.58. The smallest absolute Gasteiger partial charge is 0.311 e. The molecule has 6 nitrogen and oxygen atoms in total. The number of rotatable bonds is 4. The summed E-state index contributed by atoms with van der Waals surface area (Å²) in [5, 5.41) is 23.9. The van der Waals surface area contributed by atoms with Crippen LogP contribution in [-0.2, 0) is 0 Å². The minimum Gasteiger partial charge on any atom is -0.388 e. The Morgan fingerprint density at radius 1 is 1.39 bits per heavy atom. The topological polar surface area (TPSA) is 88.3 Å². The molecule has 1 aromatic rings. The average molecular weight is 253 g/mol. The van der Waals surface area contributed by atoms with Crippen LogP contribution in [-0.4, -0.2) is 26.2 Å². The first-order chi connectivity index (χ1) is 8.04. The third kappa shape index (κ3) is 2.95. The van der Waals surface area contributed by atoms with Gasteiger partial charge in [-0.2, -0.15) is 0 Å². The summed E-state index contributed by atoms with van der Waals surface area (Å²) < 4.78 is 0. The summed E-state index contributed by atoms with van der Waals surface area (Å²) in [5.41, 5.74) is -1.17. The number of nitrogens with one attached hydrogen (secondary N) is 1. The maximum atomic E-state index is 11.0. The number of aryl methyl sites for hydroxylation is 1. The van der Waals surface area contributed by atoms with E-state index in [2.05, 4.69) is 10.3 Å². The van der Waals surface area contributed by atoms with Crippen molar-refractivity contribution in [2.75, 3.05) is 5.32 Å². The first kappa shape index (κ1) is 14.4. The molecular weight excluding hydrogens is 234 g/mol. The Labute approximate surface area is 106 Å². The average Bonchev–Trinajstić information content (AvgIpc) is 2.18. The highest BCUT2D eigenvalue weighted by atomic mass is 16.6. The van der Waals surface area contributed by atoms with Crippen molar-refractivity contribution in [2.45, 2.75) is 45.8 Å². The number of anilines is 1. The number of aliphatic hydroxyl groups is 1. The van der Waals surface area contributed by atoms with E-state index in [-0.39, 0.29) is 11.5 Å². The highest BCUT2D eigenvalue weighted by Crippen LogP contribution is 2.30. The lowest BCUT2D eigenvalue weighted by molar-refractivity contribution is -0.384. The van der Waals surface area contributed by atoms with Crippen molar-refractivity contribution in [1.82, 2.24) is 4.98 Å². The highest BCUT2D eigenvalue weighted by Gasteiger charge is 2.36. The molecule has 0 saturated heterocycles. The molecule has 0 amide bonds. The van der Waals surface area contributed by atoms with Gasteiger partial charge in [-0.1, -0.05) is 0 Å². The summed E-state index contributed by atoms with van der Waals surface area (Å²) in [6.07, 6.45) is 1.55. The minimum atomic E-state index is -1.05. The largest absolute Gasteiger partial charge is 0.388 e. The fraction of sp³-hybridized carbons (Fsp3) is 0.583. The van der Waals surface area contributed by atoms with E-state index in [1.165, 1.54) is 6.07 Å². The molecule has 6 heteroatoms. The molecule has 1 aromatic heterocycles. The Morgan fingerprint density at radius 2 is 1.94 bits per heavy atom. The molecule has 1 rings (SSSR count). The Bertz CT molecular complexity index is 464. The molecule has 0 atom stereocenters. The van der Waals surface area contributed by atoms with Gasteiger partial charge in [0.15, 0.2) is 0 Å². The van der Waals surface area contributed by atoms with Crippen LogP contribution in [0.5, 0.6) is 0 Å². The van der Waals surface area contributed by atoms with Gasteiger partial charge in [-0.25, -0.2) is 4.98 Å². The Balaban J connectivity index is 3.16. The quantitative estimate of drug-likeness (QED) is 0.634. The van der Waals surface area contributed by atoms with E-state index < -0.39 is 16.1 Å². The molecule has 0 aromatic carbocycles.